The molecule has 0 saturated carbocycles. The van der Waals surface area contributed by atoms with E-state index in [9.17, 15) is 22.0 Å². The van der Waals surface area contributed by atoms with Crippen LogP contribution in [0.15, 0.2) is 47.4 Å². The Hall–Kier alpha value is -2.28. The molecule has 0 N–H and O–H groups in total. The van der Waals surface area contributed by atoms with Crippen LogP contribution in [0.3, 0.4) is 0 Å². The van der Waals surface area contributed by atoms with Gasteiger partial charge in [-0.1, -0.05) is 0 Å². The number of hydrogen-bond donors (Lipinski definition) is 0. The molecule has 0 radical (unpaired) electrons. The molecule has 1 unspecified atom stereocenters. The lowest BCUT2D eigenvalue weighted by Crippen LogP contribution is -2.24. The van der Waals surface area contributed by atoms with Crippen LogP contribution in [0.5, 0.6) is 5.75 Å². The Labute approximate surface area is 132 Å². The lowest BCUT2D eigenvalue weighted by atomic mass is 10.1. The molecule has 0 aliphatic rings. The number of hydrogen-bond acceptors (Lipinski definition) is 4. The molecule has 0 heterocycles. The normalized spacial score (nSPS) is 12.7. The highest BCUT2D eigenvalue weighted by Crippen LogP contribution is 2.19. The third kappa shape index (κ3) is 4.13. The first kappa shape index (κ1) is 17.1. The zero-order chi connectivity index (χ0) is 17.2. The van der Waals surface area contributed by atoms with E-state index in [0.29, 0.717) is 6.07 Å². The summed E-state index contributed by atoms with van der Waals surface area (Å²) < 4.78 is 54.6. The predicted octanol–water partition coefficient (Wildman–Crippen LogP) is 3.02. The van der Waals surface area contributed by atoms with Gasteiger partial charge in [0, 0.05) is 12.3 Å². The molecule has 0 bridgehead atoms. The zero-order valence-corrected chi connectivity index (χ0v) is 13.2. The Morgan fingerprint density at radius 3 is 2.22 bits per heavy atom. The van der Waals surface area contributed by atoms with Crippen molar-refractivity contribution in [3.8, 4) is 5.75 Å². The van der Waals surface area contributed by atoms with E-state index >= 15 is 0 Å². The van der Waals surface area contributed by atoms with Crippen LogP contribution in [0.4, 0.5) is 8.78 Å². The van der Waals surface area contributed by atoms with Crippen LogP contribution >= 0.6 is 0 Å². The Kier molecular flexibility index (Phi) is 4.79. The Morgan fingerprint density at radius 2 is 1.70 bits per heavy atom. The van der Waals surface area contributed by atoms with Gasteiger partial charge in [-0.25, -0.2) is 17.2 Å². The molecule has 2 rings (SSSR count). The number of ketones is 1. The molecule has 0 saturated heterocycles. The van der Waals surface area contributed by atoms with Crippen LogP contribution in [-0.4, -0.2) is 26.6 Å². The van der Waals surface area contributed by atoms with Gasteiger partial charge in [-0.15, -0.1) is 0 Å². The van der Waals surface area contributed by atoms with Gasteiger partial charge in [0.1, 0.15) is 17.4 Å². The number of Topliss-reactive ketones (excluding diaryl/α,β-unsaturated/α-hetero) is 1. The smallest absolute Gasteiger partial charge is 0.205 e. The first-order valence-electron chi connectivity index (χ1n) is 6.64. The summed E-state index contributed by atoms with van der Waals surface area (Å²) in [7, 11) is -3.32. The maximum absolute atomic E-state index is 13.6. The molecule has 0 fully saturated rings. The van der Waals surface area contributed by atoms with E-state index in [4.69, 9.17) is 4.74 Å². The summed E-state index contributed by atoms with van der Waals surface area (Å²) in [4.78, 5) is 12.2. The average Bonchev–Trinajstić information content (AvgIpc) is 2.46. The summed E-state index contributed by atoms with van der Waals surface area (Å²) in [5.74, 6) is -2.11. The summed E-state index contributed by atoms with van der Waals surface area (Å²) in [6, 6.07) is 8.17. The van der Waals surface area contributed by atoms with Crippen molar-refractivity contribution in [2.45, 2.75) is 17.9 Å². The summed E-state index contributed by atoms with van der Waals surface area (Å²) in [5, 5.41) is 0. The summed E-state index contributed by atoms with van der Waals surface area (Å²) in [5.41, 5.74) is -0.272. The molecular formula is C16H14F2O4S. The van der Waals surface area contributed by atoms with Gasteiger partial charge in [-0.05, 0) is 43.3 Å². The third-order valence-electron chi connectivity index (χ3n) is 3.13. The van der Waals surface area contributed by atoms with Crippen LogP contribution in [0.25, 0.3) is 0 Å². The maximum Gasteiger partial charge on any atom is 0.205 e. The van der Waals surface area contributed by atoms with Gasteiger partial charge in [0.2, 0.25) is 5.78 Å². The van der Waals surface area contributed by atoms with Crippen LogP contribution in [0.2, 0.25) is 0 Å². The summed E-state index contributed by atoms with van der Waals surface area (Å²) in [6.45, 7) is 1.43. The first-order chi connectivity index (χ1) is 10.7. The quantitative estimate of drug-likeness (QED) is 0.785. The molecule has 23 heavy (non-hydrogen) atoms. The van der Waals surface area contributed by atoms with E-state index in [2.05, 4.69) is 0 Å². The van der Waals surface area contributed by atoms with E-state index in [1.807, 2.05) is 0 Å². The molecular weight excluding hydrogens is 326 g/mol. The fourth-order valence-corrected chi connectivity index (χ4v) is 2.56. The first-order valence-corrected chi connectivity index (χ1v) is 8.53. The molecule has 0 aliphatic heterocycles. The topological polar surface area (TPSA) is 60.4 Å². The van der Waals surface area contributed by atoms with E-state index in [-0.39, 0.29) is 16.2 Å². The minimum absolute atomic E-state index is 0.119. The van der Waals surface area contributed by atoms with Crippen molar-refractivity contribution in [3.05, 3.63) is 59.7 Å². The average molecular weight is 340 g/mol. The number of ether oxygens (including phenoxy) is 1. The monoisotopic (exact) mass is 340 g/mol. The molecule has 0 aromatic heterocycles. The highest BCUT2D eigenvalue weighted by molar-refractivity contribution is 7.90. The maximum atomic E-state index is 13.6. The molecule has 2 aromatic carbocycles. The van der Waals surface area contributed by atoms with Crippen molar-refractivity contribution in [2.24, 2.45) is 0 Å². The van der Waals surface area contributed by atoms with E-state index in [0.717, 1.165) is 18.4 Å². The summed E-state index contributed by atoms with van der Waals surface area (Å²) in [6.07, 6.45) is 0.0609. The van der Waals surface area contributed by atoms with E-state index < -0.39 is 33.4 Å². The lowest BCUT2D eigenvalue weighted by molar-refractivity contribution is 0.0813. The minimum Gasteiger partial charge on any atom is -0.483 e. The van der Waals surface area contributed by atoms with Gasteiger partial charge < -0.3 is 4.74 Å². The molecule has 2 aromatic rings. The SMILES string of the molecule is CC(Oc1ccc(S(C)(=O)=O)cc1)C(=O)c1ccc(F)cc1F. The zero-order valence-electron chi connectivity index (χ0n) is 12.4. The van der Waals surface area contributed by atoms with Crippen LogP contribution < -0.4 is 4.74 Å². The van der Waals surface area contributed by atoms with Crippen molar-refractivity contribution in [2.75, 3.05) is 6.26 Å². The van der Waals surface area contributed by atoms with Crippen molar-refractivity contribution in [3.63, 3.8) is 0 Å². The fourth-order valence-electron chi connectivity index (χ4n) is 1.93. The largest absolute Gasteiger partial charge is 0.483 e. The number of carbonyl (C=O) groups excluding carboxylic acids is 1. The summed E-state index contributed by atoms with van der Waals surface area (Å²) >= 11 is 0. The van der Waals surface area contributed by atoms with Crippen LogP contribution in [0, 0.1) is 11.6 Å². The Morgan fingerprint density at radius 1 is 1.09 bits per heavy atom. The second kappa shape index (κ2) is 6.45. The molecule has 122 valence electrons. The highest BCUT2D eigenvalue weighted by Gasteiger charge is 2.21. The fraction of sp³-hybridized carbons (Fsp3) is 0.188. The molecule has 0 aliphatic carbocycles. The van der Waals surface area contributed by atoms with Crippen LogP contribution in [0.1, 0.15) is 17.3 Å². The van der Waals surface area contributed by atoms with Crippen molar-refractivity contribution < 1.29 is 26.7 Å². The minimum atomic E-state index is -3.32. The number of halogens is 2. The van der Waals surface area contributed by atoms with E-state index in [1.54, 1.807) is 0 Å². The highest BCUT2D eigenvalue weighted by atomic mass is 32.2. The Balaban J connectivity index is 2.15. The molecule has 4 nitrogen and oxygen atoms in total. The van der Waals surface area contributed by atoms with Gasteiger partial charge in [0.05, 0.1) is 10.5 Å². The second-order valence-corrected chi connectivity index (χ2v) is 7.01. The van der Waals surface area contributed by atoms with Crippen LogP contribution in [-0.2, 0) is 9.84 Å². The van der Waals surface area contributed by atoms with Gasteiger partial charge in [0.25, 0.3) is 0 Å². The molecule has 7 heteroatoms. The Bertz CT molecular complexity index is 830. The predicted molar refractivity (Wildman–Crippen MR) is 80.3 cm³/mol. The van der Waals surface area contributed by atoms with E-state index in [1.165, 1.54) is 31.2 Å². The number of carbonyl (C=O) groups is 1. The molecule has 0 amide bonds. The number of rotatable bonds is 5. The number of benzene rings is 2. The van der Waals surface area contributed by atoms with Gasteiger partial charge >= 0.3 is 0 Å². The third-order valence-corrected chi connectivity index (χ3v) is 4.26. The number of sulfone groups is 1. The van der Waals surface area contributed by atoms with Gasteiger partial charge in [-0.2, -0.15) is 0 Å². The standard InChI is InChI=1S/C16H14F2O4S/c1-10(16(19)14-8-3-11(17)9-15(14)18)22-12-4-6-13(7-5-12)23(2,20)21/h3-10H,1-2H3. The van der Waals surface area contributed by atoms with Crippen molar-refractivity contribution in [1.82, 2.24) is 0 Å². The molecule has 0 spiro atoms. The van der Waals surface area contributed by atoms with Crippen molar-refractivity contribution in [1.29, 1.82) is 0 Å². The van der Waals surface area contributed by atoms with Gasteiger partial charge in [0.15, 0.2) is 15.9 Å². The second-order valence-electron chi connectivity index (χ2n) is 4.99. The van der Waals surface area contributed by atoms with Gasteiger partial charge in [-0.3, -0.25) is 4.79 Å². The van der Waals surface area contributed by atoms with Crippen molar-refractivity contribution >= 4 is 15.6 Å². The molecule has 1 atom stereocenters. The lowest BCUT2D eigenvalue weighted by Gasteiger charge is -2.14.